The summed E-state index contributed by atoms with van der Waals surface area (Å²) in [6, 6.07) is 12.9. The molecule has 3 rings (SSSR count). The van der Waals surface area contributed by atoms with Gasteiger partial charge in [0.05, 0.1) is 12.2 Å². The summed E-state index contributed by atoms with van der Waals surface area (Å²) in [6.45, 7) is 6.75. The lowest BCUT2D eigenvalue weighted by molar-refractivity contribution is -0.116. The van der Waals surface area contributed by atoms with Crippen LogP contribution in [0.4, 0.5) is 11.4 Å². The summed E-state index contributed by atoms with van der Waals surface area (Å²) in [7, 11) is 0. The first-order chi connectivity index (χ1) is 12.0. The maximum atomic E-state index is 12.4. The van der Waals surface area contributed by atoms with Gasteiger partial charge in [0, 0.05) is 24.2 Å². The molecule has 0 radical (unpaired) electrons. The minimum absolute atomic E-state index is 0.0217. The molecule has 0 atom stereocenters. The maximum absolute atomic E-state index is 12.4. The third kappa shape index (κ3) is 3.65. The highest BCUT2D eigenvalue weighted by atomic mass is 16.5. The number of nitrogens with one attached hydrogen (secondary N) is 1. The lowest BCUT2D eigenvalue weighted by Gasteiger charge is -2.29. The van der Waals surface area contributed by atoms with Gasteiger partial charge in [0.2, 0.25) is 5.91 Å². The average Bonchev–Trinajstić information content (AvgIpc) is 2.61. The van der Waals surface area contributed by atoms with Crippen LogP contribution < -0.4 is 15.0 Å². The van der Waals surface area contributed by atoms with Gasteiger partial charge in [-0.2, -0.15) is 0 Å². The summed E-state index contributed by atoms with van der Waals surface area (Å²) < 4.78 is 5.63. The van der Waals surface area contributed by atoms with Crippen LogP contribution in [0, 0.1) is 0 Å². The third-order valence-corrected chi connectivity index (χ3v) is 4.30. The van der Waals surface area contributed by atoms with Crippen LogP contribution in [0.5, 0.6) is 5.75 Å². The Balaban J connectivity index is 1.77. The predicted octanol–water partition coefficient (Wildman–Crippen LogP) is 3.81. The molecule has 1 aliphatic rings. The smallest absolute Gasteiger partial charge is 0.255 e. The van der Waals surface area contributed by atoms with E-state index in [1.807, 2.05) is 24.3 Å². The molecule has 0 aliphatic carbocycles. The van der Waals surface area contributed by atoms with Crippen molar-refractivity contribution >= 4 is 23.2 Å². The number of ether oxygens (including phenoxy) is 1. The van der Waals surface area contributed by atoms with Crippen LogP contribution in [0.2, 0.25) is 0 Å². The van der Waals surface area contributed by atoms with Crippen LogP contribution in [0.1, 0.15) is 42.6 Å². The molecule has 0 spiro atoms. The number of rotatable bonds is 3. The number of benzene rings is 2. The molecule has 2 aromatic carbocycles. The van der Waals surface area contributed by atoms with Crippen molar-refractivity contribution in [1.29, 1.82) is 0 Å². The molecule has 25 heavy (non-hydrogen) atoms. The summed E-state index contributed by atoms with van der Waals surface area (Å²) in [4.78, 5) is 25.8. The van der Waals surface area contributed by atoms with Gasteiger partial charge >= 0.3 is 0 Å². The fraction of sp³-hybridized carbons (Fsp3) is 0.300. The molecule has 2 amide bonds. The molecular weight excluding hydrogens is 316 g/mol. The van der Waals surface area contributed by atoms with Crippen molar-refractivity contribution < 1.29 is 14.3 Å². The van der Waals surface area contributed by atoms with Crippen molar-refractivity contribution in [3.8, 4) is 5.75 Å². The van der Waals surface area contributed by atoms with E-state index in [-0.39, 0.29) is 11.8 Å². The second-order valence-corrected chi connectivity index (χ2v) is 6.43. The molecule has 1 heterocycles. The van der Waals surface area contributed by atoms with Crippen molar-refractivity contribution in [3.63, 3.8) is 0 Å². The second kappa shape index (κ2) is 6.97. The molecule has 1 N–H and O–H groups in total. The van der Waals surface area contributed by atoms with Gasteiger partial charge in [0.25, 0.3) is 5.91 Å². The Bertz CT molecular complexity index is 797. The van der Waals surface area contributed by atoms with Crippen LogP contribution in [0.15, 0.2) is 42.5 Å². The quantitative estimate of drug-likeness (QED) is 0.926. The van der Waals surface area contributed by atoms with Gasteiger partial charge in [-0.15, -0.1) is 0 Å². The Morgan fingerprint density at radius 2 is 1.84 bits per heavy atom. The lowest BCUT2D eigenvalue weighted by atomic mass is 10.0. The molecule has 130 valence electrons. The van der Waals surface area contributed by atoms with E-state index in [2.05, 4.69) is 19.2 Å². The fourth-order valence-electron chi connectivity index (χ4n) is 2.85. The summed E-state index contributed by atoms with van der Waals surface area (Å²) in [5, 5.41) is 2.88. The zero-order valence-corrected chi connectivity index (χ0v) is 14.7. The van der Waals surface area contributed by atoms with Crippen LogP contribution in [0.3, 0.4) is 0 Å². The van der Waals surface area contributed by atoms with Gasteiger partial charge in [0.15, 0.2) is 0 Å². The highest BCUT2D eigenvalue weighted by Gasteiger charge is 2.21. The monoisotopic (exact) mass is 338 g/mol. The Hall–Kier alpha value is -2.82. The van der Waals surface area contributed by atoms with Gasteiger partial charge in [-0.05, 0) is 35.7 Å². The van der Waals surface area contributed by atoms with Gasteiger partial charge in [-0.3, -0.25) is 9.59 Å². The fourth-order valence-corrected chi connectivity index (χ4v) is 2.85. The SMILES string of the molecule is CC(=O)N1CCOc2cc(NC(=O)c3ccc(C(C)C)cc3)ccc21. The molecule has 1 aliphatic heterocycles. The summed E-state index contributed by atoms with van der Waals surface area (Å²) in [6.07, 6.45) is 0. The first-order valence-electron chi connectivity index (χ1n) is 8.42. The van der Waals surface area contributed by atoms with Crippen molar-refractivity contribution in [1.82, 2.24) is 0 Å². The van der Waals surface area contributed by atoms with E-state index < -0.39 is 0 Å². The molecule has 0 bridgehead atoms. The standard InChI is InChI=1S/C20H22N2O3/c1-13(2)15-4-6-16(7-5-15)20(24)21-17-8-9-18-19(12-17)25-11-10-22(18)14(3)23/h4-9,12-13H,10-11H2,1-3H3,(H,21,24). The maximum Gasteiger partial charge on any atom is 0.255 e. The number of hydrogen-bond donors (Lipinski definition) is 1. The number of anilines is 2. The molecule has 0 fully saturated rings. The Labute approximate surface area is 147 Å². The molecule has 0 saturated carbocycles. The first-order valence-corrected chi connectivity index (χ1v) is 8.42. The molecule has 5 nitrogen and oxygen atoms in total. The molecule has 0 aromatic heterocycles. The van der Waals surface area contributed by atoms with E-state index in [0.717, 1.165) is 5.69 Å². The zero-order chi connectivity index (χ0) is 18.0. The van der Waals surface area contributed by atoms with Crippen molar-refractivity contribution in [2.75, 3.05) is 23.4 Å². The van der Waals surface area contributed by atoms with E-state index in [9.17, 15) is 9.59 Å². The first kappa shape index (κ1) is 17.0. The zero-order valence-electron chi connectivity index (χ0n) is 14.7. The van der Waals surface area contributed by atoms with E-state index in [1.54, 1.807) is 23.1 Å². The second-order valence-electron chi connectivity index (χ2n) is 6.43. The highest BCUT2D eigenvalue weighted by Crippen LogP contribution is 2.34. The Morgan fingerprint density at radius 1 is 1.12 bits per heavy atom. The topological polar surface area (TPSA) is 58.6 Å². The number of hydrogen-bond acceptors (Lipinski definition) is 3. The molecule has 0 unspecified atom stereocenters. The molecular formula is C20H22N2O3. The van der Waals surface area contributed by atoms with Gasteiger partial charge in [0.1, 0.15) is 12.4 Å². The van der Waals surface area contributed by atoms with Crippen LogP contribution in [-0.2, 0) is 4.79 Å². The van der Waals surface area contributed by atoms with Gasteiger partial charge < -0.3 is 15.0 Å². The average molecular weight is 338 g/mol. The predicted molar refractivity (Wildman–Crippen MR) is 98.4 cm³/mol. The summed E-state index contributed by atoms with van der Waals surface area (Å²) in [5.41, 5.74) is 3.18. The number of carbonyl (C=O) groups is 2. The Kier molecular flexibility index (Phi) is 4.74. The third-order valence-electron chi connectivity index (χ3n) is 4.30. The van der Waals surface area contributed by atoms with Crippen LogP contribution >= 0.6 is 0 Å². The number of amides is 2. The van der Waals surface area contributed by atoms with Crippen molar-refractivity contribution in [3.05, 3.63) is 53.6 Å². The van der Waals surface area contributed by atoms with Gasteiger partial charge in [-0.25, -0.2) is 0 Å². The highest BCUT2D eigenvalue weighted by molar-refractivity contribution is 6.04. The van der Waals surface area contributed by atoms with E-state index in [0.29, 0.717) is 36.1 Å². The van der Waals surface area contributed by atoms with Crippen LogP contribution in [-0.4, -0.2) is 25.0 Å². The number of fused-ring (bicyclic) bond motifs is 1. The number of carbonyl (C=O) groups excluding carboxylic acids is 2. The van der Waals surface area contributed by atoms with Crippen LogP contribution in [0.25, 0.3) is 0 Å². The largest absolute Gasteiger partial charge is 0.489 e. The van der Waals surface area contributed by atoms with E-state index in [4.69, 9.17) is 4.74 Å². The lowest BCUT2D eigenvalue weighted by Crippen LogP contribution is -2.36. The number of nitrogens with zero attached hydrogens (tertiary/aromatic N) is 1. The normalized spacial score (nSPS) is 13.2. The van der Waals surface area contributed by atoms with Gasteiger partial charge in [-0.1, -0.05) is 26.0 Å². The van der Waals surface area contributed by atoms with Crippen molar-refractivity contribution in [2.45, 2.75) is 26.7 Å². The molecule has 5 heteroatoms. The molecule has 0 saturated heterocycles. The minimum Gasteiger partial charge on any atom is -0.489 e. The summed E-state index contributed by atoms with van der Waals surface area (Å²) >= 11 is 0. The van der Waals surface area contributed by atoms with Crippen molar-refractivity contribution in [2.24, 2.45) is 0 Å². The molecule has 2 aromatic rings. The minimum atomic E-state index is -0.172. The van der Waals surface area contributed by atoms with E-state index in [1.165, 1.54) is 12.5 Å². The summed E-state index contributed by atoms with van der Waals surface area (Å²) in [5.74, 6) is 0.842. The Morgan fingerprint density at radius 3 is 2.48 bits per heavy atom. The van der Waals surface area contributed by atoms with E-state index >= 15 is 0 Å².